The molecular formula is C6H7FO. The summed E-state index contributed by atoms with van der Waals surface area (Å²) in [5.74, 6) is -0.0324. The second-order valence-electron chi connectivity index (χ2n) is 2.76. The van der Waals surface area contributed by atoms with Gasteiger partial charge >= 0.3 is 0 Å². The number of carbonyl (C=O) groups is 1. The van der Waals surface area contributed by atoms with Crippen molar-refractivity contribution in [2.75, 3.05) is 0 Å². The Bertz CT molecular complexity index is 155. The predicted octanol–water partition coefficient (Wildman–Crippen LogP) is 1.08. The SMILES string of the molecule is O=C1CCC2(F)CC12. The highest BCUT2D eigenvalue weighted by atomic mass is 19.1. The molecular weight excluding hydrogens is 107 g/mol. The predicted molar refractivity (Wildman–Crippen MR) is 26.2 cm³/mol. The number of alkyl halides is 1. The standard InChI is InChI=1S/C6H7FO/c7-6-2-1-5(8)4(6)3-6/h4H,1-3H2. The van der Waals surface area contributed by atoms with E-state index < -0.39 is 5.67 Å². The van der Waals surface area contributed by atoms with Crippen LogP contribution in [0.1, 0.15) is 19.3 Å². The van der Waals surface area contributed by atoms with Crippen LogP contribution in [-0.4, -0.2) is 11.5 Å². The summed E-state index contributed by atoms with van der Waals surface area (Å²) in [6.45, 7) is 0. The lowest BCUT2D eigenvalue weighted by molar-refractivity contribution is -0.119. The lowest BCUT2D eigenvalue weighted by Gasteiger charge is -1.90. The summed E-state index contributed by atoms with van der Waals surface area (Å²) in [5, 5.41) is 0. The van der Waals surface area contributed by atoms with E-state index in [1.165, 1.54) is 0 Å². The number of ketones is 1. The molecule has 0 aromatic heterocycles. The Morgan fingerprint density at radius 3 is 2.62 bits per heavy atom. The van der Waals surface area contributed by atoms with Crippen molar-refractivity contribution < 1.29 is 9.18 Å². The lowest BCUT2D eigenvalue weighted by atomic mass is 10.2. The third-order valence-electron chi connectivity index (χ3n) is 2.18. The Kier molecular flexibility index (Phi) is 0.543. The van der Waals surface area contributed by atoms with Crippen molar-refractivity contribution in [2.24, 2.45) is 5.92 Å². The molecule has 0 spiro atoms. The molecule has 2 unspecified atom stereocenters. The number of hydrogen-bond acceptors (Lipinski definition) is 1. The average Bonchev–Trinajstić information content (AvgIpc) is 2.32. The first kappa shape index (κ1) is 4.48. The Labute approximate surface area is 46.9 Å². The highest BCUT2D eigenvalue weighted by Crippen LogP contribution is 2.56. The first-order chi connectivity index (χ1) is 3.72. The van der Waals surface area contributed by atoms with Crippen LogP contribution in [0.5, 0.6) is 0 Å². The van der Waals surface area contributed by atoms with Gasteiger partial charge in [-0.05, 0) is 12.8 Å². The molecule has 2 atom stereocenters. The van der Waals surface area contributed by atoms with Crippen LogP contribution >= 0.6 is 0 Å². The van der Waals surface area contributed by atoms with E-state index in [9.17, 15) is 9.18 Å². The number of carbonyl (C=O) groups excluding carboxylic acids is 1. The Hall–Kier alpha value is -0.400. The normalized spacial score (nSPS) is 51.6. The van der Waals surface area contributed by atoms with Gasteiger partial charge in [-0.2, -0.15) is 0 Å². The van der Waals surface area contributed by atoms with Crippen molar-refractivity contribution in [3.8, 4) is 0 Å². The van der Waals surface area contributed by atoms with Gasteiger partial charge in [-0.1, -0.05) is 0 Å². The summed E-state index contributed by atoms with van der Waals surface area (Å²) in [6.07, 6.45) is 1.50. The number of rotatable bonds is 0. The van der Waals surface area contributed by atoms with Gasteiger partial charge in [0.1, 0.15) is 11.5 Å². The molecule has 0 bridgehead atoms. The zero-order valence-corrected chi connectivity index (χ0v) is 4.48. The van der Waals surface area contributed by atoms with Crippen LogP contribution in [-0.2, 0) is 4.79 Å². The lowest BCUT2D eigenvalue weighted by Crippen LogP contribution is -1.95. The minimum atomic E-state index is -1.02. The van der Waals surface area contributed by atoms with Crippen molar-refractivity contribution in [1.29, 1.82) is 0 Å². The van der Waals surface area contributed by atoms with Gasteiger partial charge in [0.2, 0.25) is 0 Å². The third kappa shape index (κ3) is 0.343. The summed E-state index contributed by atoms with van der Waals surface area (Å²) in [5.41, 5.74) is -1.02. The molecule has 0 N–H and O–H groups in total. The van der Waals surface area contributed by atoms with Gasteiger partial charge in [0.25, 0.3) is 0 Å². The maximum absolute atomic E-state index is 12.7. The summed E-state index contributed by atoms with van der Waals surface area (Å²) >= 11 is 0. The quantitative estimate of drug-likeness (QED) is 0.460. The molecule has 0 aliphatic heterocycles. The van der Waals surface area contributed by atoms with Crippen LogP contribution in [0.25, 0.3) is 0 Å². The third-order valence-corrected chi connectivity index (χ3v) is 2.18. The fraction of sp³-hybridized carbons (Fsp3) is 0.833. The number of Topliss-reactive ketones (excluding diaryl/α,β-unsaturated/α-hetero) is 1. The molecule has 44 valence electrons. The summed E-state index contributed by atoms with van der Waals surface area (Å²) < 4.78 is 12.7. The minimum Gasteiger partial charge on any atom is -0.299 e. The van der Waals surface area contributed by atoms with Gasteiger partial charge in [-0.25, -0.2) is 4.39 Å². The van der Waals surface area contributed by atoms with E-state index in [0.717, 1.165) is 0 Å². The molecule has 0 amide bonds. The van der Waals surface area contributed by atoms with E-state index in [4.69, 9.17) is 0 Å². The second-order valence-corrected chi connectivity index (χ2v) is 2.76. The summed E-state index contributed by atoms with van der Waals surface area (Å²) in [7, 11) is 0. The van der Waals surface area contributed by atoms with E-state index in [-0.39, 0.29) is 11.7 Å². The topological polar surface area (TPSA) is 17.1 Å². The van der Waals surface area contributed by atoms with Crippen molar-refractivity contribution >= 4 is 5.78 Å². The van der Waals surface area contributed by atoms with Gasteiger partial charge < -0.3 is 0 Å². The molecule has 0 aromatic rings. The second kappa shape index (κ2) is 0.971. The summed E-state index contributed by atoms with van der Waals surface area (Å²) in [6, 6.07) is 0. The highest BCUT2D eigenvalue weighted by Gasteiger charge is 2.63. The van der Waals surface area contributed by atoms with Crippen LogP contribution in [0.4, 0.5) is 4.39 Å². The first-order valence-corrected chi connectivity index (χ1v) is 2.94. The van der Waals surface area contributed by atoms with Gasteiger partial charge in [0, 0.05) is 6.42 Å². The van der Waals surface area contributed by atoms with E-state index in [0.29, 0.717) is 19.3 Å². The van der Waals surface area contributed by atoms with Crippen molar-refractivity contribution in [3.05, 3.63) is 0 Å². The largest absolute Gasteiger partial charge is 0.299 e. The smallest absolute Gasteiger partial charge is 0.139 e. The fourth-order valence-electron chi connectivity index (χ4n) is 1.46. The molecule has 2 rings (SSSR count). The van der Waals surface area contributed by atoms with Crippen LogP contribution < -0.4 is 0 Å². The molecule has 2 heteroatoms. The molecule has 1 nitrogen and oxygen atoms in total. The highest BCUT2D eigenvalue weighted by molar-refractivity contribution is 5.88. The molecule has 2 aliphatic rings. The monoisotopic (exact) mass is 114 g/mol. The first-order valence-electron chi connectivity index (χ1n) is 2.94. The van der Waals surface area contributed by atoms with Crippen molar-refractivity contribution in [3.63, 3.8) is 0 Å². The zero-order valence-electron chi connectivity index (χ0n) is 4.48. The molecule has 2 saturated carbocycles. The minimum absolute atomic E-state index is 0.146. The molecule has 2 fully saturated rings. The van der Waals surface area contributed by atoms with Crippen LogP contribution in [0.15, 0.2) is 0 Å². The molecule has 0 radical (unpaired) electrons. The number of hydrogen-bond donors (Lipinski definition) is 0. The van der Waals surface area contributed by atoms with Crippen LogP contribution in [0.3, 0.4) is 0 Å². The van der Waals surface area contributed by atoms with Gasteiger partial charge in [-0.15, -0.1) is 0 Å². The van der Waals surface area contributed by atoms with Gasteiger partial charge in [-0.3, -0.25) is 4.79 Å². The molecule has 0 heterocycles. The van der Waals surface area contributed by atoms with E-state index in [2.05, 4.69) is 0 Å². The molecule has 8 heavy (non-hydrogen) atoms. The Balaban J connectivity index is 2.26. The van der Waals surface area contributed by atoms with E-state index in [1.807, 2.05) is 0 Å². The maximum atomic E-state index is 12.7. The fourth-order valence-corrected chi connectivity index (χ4v) is 1.46. The summed E-state index contributed by atoms with van der Waals surface area (Å²) in [4.78, 5) is 10.6. The number of fused-ring (bicyclic) bond motifs is 1. The van der Waals surface area contributed by atoms with Crippen molar-refractivity contribution in [1.82, 2.24) is 0 Å². The van der Waals surface area contributed by atoms with Gasteiger partial charge in [0.15, 0.2) is 0 Å². The zero-order chi connectivity index (χ0) is 5.78. The van der Waals surface area contributed by atoms with Crippen LogP contribution in [0, 0.1) is 5.92 Å². The molecule has 0 saturated heterocycles. The molecule has 0 aromatic carbocycles. The van der Waals surface area contributed by atoms with E-state index >= 15 is 0 Å². The van der Waals surface area contributed by atoms with E-state index in [1.54, 1.807) is 0 Å². The average molecular weight is 114 g/mol. The van der Waals surface area contributed by atoms with Crippen molar-refractivity contribution in [2.45, 2.75) is 24.9 Å². The van der Waals surface area contributed by atoms with Gasteiger partial charge in [0.05, 0.1) is 5.92 Å². The Morgan fingerprint density at radius 2 is 2.50 bits per heavy atom. The Morgan fingerprint density at radius 1 is 1.75 bits per heavy atom. The number of halogens is 1. The molecule has 2 aliphatic carbocycles. The van der Waals surface area contributed by atoms with Crippen LogP contribution in [0.2, 0.25) is 0 Å². The maximum Gasteiger partial charge on any atom is 0.139 e.